The summed E-state index contributed by atoms with van der Waals surface area (Å²) in [7, 11) is 2.75. The van der Waals surface area contributed by atoms with Crippen LogP contribution in [0.5, 0.6) is 0 Å². The third-order valence-corrected chi connectivity index (χ3v) is 5.73. The lowest BCUT2D eigenvalue weighted by molar-refractivity contribution is 0.0585. The molecular weight excluding hydrogens is 376 g/mol. The van der Waals surface area contributed by atoms with Crippen molar-refractivity contribution >= 4 is 11.9 Å². The van der Waals surface area contributed by atoms with Crippen LogP contribution in [0.4, 0.5) is 0 Å². The number of methoxy groups -OCH3 is 2. The van der Waals surface area contributed by atoms with E-state index in [1.165, 1.54) is 91.3 Å². The SMILES string of the molecule is CCCCCCCCCCCCCCCCc1cc(C(=O)OC)ccc1C(=O)OC. The van der Waals surface area contributed by atoms with Gasteiger partial charge in [0.15, 0.2) is 0 Å². The second-order valence-electron chi connectivity index (χ2n) is 8.20. The maximum absolute atomic E-state index is 12.0. The van der Waals surface area contributed by atoms with Crippen LogP contribution in [0.25, 0.3) is 0 Å². The lowest BCUT2D eigenvalue weighted by atomic mass is 9.98. The Kier molecular flexibility index (Phi) is 14.8. The number of hydrogen-bond donors (Lipinski definition) is 0. The topological polar surface area (TPSA) is 52.6 Å². The van der Waals surface area contributed by atoms with Crippen LogP contribution in [0.1, 0.15) is 123 Å². The van der Waals surface area contributed by atoms with Gasteiger partial charge in [-0.3, -0.25) is 0 Å². The monoisotopic (exact) mass is 418 g/mol. The molecule has 4 heteroatoms. The highest BCUT2D eigenvalue weighted by Gasteiger charge is 2.15. The van der Waals surface area contributed by atoms with Crippen molar-refractivity contribution in [2.75, 3.05) is 14.2 Å². The van der Waals surface area contributed by atoms with Crippen LogP contribution in [0, 0.1) is 0 Å². The molecule has 0 heterocycles. The molecule has 0 aliphatic carbocycles. The Morgan fingerprint density at radius 2 is 1.13 bits per heavy atom. The quantitative estimate of drug-likeness (QED) is 0.197. The summed E-state index contributed by atoms with van der Waals surface area (Å²) in [6.07, 6.45) is 19.2. The highest BCUT2D eigenvalue weighted by Crippen LogP contribution is 2.18. The summed E-state index contributed by atoms with van der Waals surface area (Å²) < 4.78 is 9.66. The van der Waals surface area contributed by atoms with Crippen molar-refractivity contribution in [3.8, 4) is 0 Å². The fraction of sp³-hybridized carbons (Fsp3) is 0.692. The molecule has 1 aromatic carbocycles. The molecule has 0 radical (unpaired) electrons. The van der Waals surface area contributed by atoms with Crippen LogP contribution in [0.3, 0.4) is 0 Å². The van der Waals surface area contributed by atoms with Crippen molar-refractivity contribution < 1.29 is 19.1 Å². The van der Waals surface area contributed by atoms with Crippen molar-refractivity contribution in [2.24, 2.45) is 0 Å². The number of rotatable bonds is 17. The molecule has 0 aliphatic heterocycles. The van der Waals surface area contributed by atoms with Gasteiger partial charge in [0.25, 0.3) is 0 Å². The van der Waals surface area contributed by atoms with Crippen molar-refractivity contribution in [3.05, 3.63) is 34.9 Å². The standard InChI is InChI=1S/C26H42O4/c1-4-5-6-7-8-9-10-11-12-13-14-15-16-17-18-22-21-23(25(27)29-2)19-20-24(22)26(28)30-3/h19-21H,4-18H2,1-3H3. The van der Waals surface area contributed by atoms with Gasteiger partial charge in [-0.25, -0.2) is 9.59 Å². The summed E-state index contributed by atoms with van der Waals surface area (Å²) in [5.41, 5.74) is 1.88. The zero-order chi connectivity index (χ0) is 22.0. The molecule has 0 saturated carbocycles. The summed E-state index contributed by atoms with van der Waals surface area (Å²) >= 11 is 0. The average Bonchev–Trinajstić information content (AvgIpc) is 2.78. The number of ether oxygens (including phenoxy) is 2. The minimum Gasteiger partial charge on any atom is -0.465 e. The minimum absolute atomic E-state index is 0.355. The van der Waals surface area contributed by atoms with Crippen molar-refractivity contribution in [2.45, 2.75) is 103 Å². The molecule has 0 aromatic heterocycles. The summed E-state index contributed by atoms with van der Waals surface area (Å²) in [5.74, 6) is -0.736. The van der Waals surface area contributed by atoms with Crippen LogP contribution in [0.15, 0.2) is 18.2 Å². The average molecular weight is 419 g/mol. The maximum atomic E-state index is 12.0. The van der Waals surface area contributed by atoms with Crippen molar-refractivity contribution in [3.63, 3.8) is 0 Å². The van der Waals surface area contributed by atoms with Crippen LogP contribution >= 0.6 is 0 Å². The zero-order valence-electron chi connectivity index (χ0n) is 19.5. The third-order valence-electron chi connectivity index (χ3n) is 5.73. The Labute approximate surface area is 183 Å². The molecule has 0 fully saturated rings. The molecule has 4 nitrogen and oxygen atoms in total. The van der Waals surface area contributed by atoms with E-state index in [0.29, 0.717) is 11.1 Å². The van der Waals surface area contributed by atoms with Gasteiger partial charge in [-0.15, -0.1) is 0 Å². The van der Waals surface area contributed by atoms with E-state index in [2.05, 4.69) is 6.92 Å². The number of carbonyl (C=O) groups excluding carboxylic acids is 2. The second-order valence-corrected chi connectivity index (χ2v) is 8.20. The van der Waals surface area contributed by atoms with Gasteiger partial charge in [0.2, 0.25) is 0 Å². The fourth-order valence-corrected chi connectivity index (χ4v) is 3.86. The number of benzene rings is 1. The maximum Gasteiger partial charge on any atom is 0.338 e. The predicted octanol–water partition coefficient (Wildman–Crippen LogP) is 7.28. The summed E-state index contributed by atoms with van der Waals surface area (Å²) in [6, 6.07) is 5.05. The molecule has 0 aliphatic rings. The molecule has 0 amide bonds. The third kappa shape index (κ3) is 10.8. The van der Waals surface area contributed by atoms with E-state index in [1.54, 1.807) is 18.2 Å². The Hall–Kier alpha value is -1.84. The first kappa shape index (κ1) is 26.2. The highest BCUT2D eigenvalue weighted by molar-refractivity contribution is 5.94. The largest absolute Gasteiger partial charge is 0.465 e. The van der Waals surface area contributed by atoms with Crippen LogP contribution < -0.4 is 0 Å². The minimum atomic E-state index is -0.381. The smallest absolute Gasteiger partial charge is 0.338 e. The van der Waals surface area contributed by atoms with Gasteiger partial charge in [0.1, 0.15) is 0 Å². The van der Waals surface area contributed by atoms with Crippen LogP contribution in [-0.2, 0) is 15.9 Å². The molecule has 0 unspecified atom stereocenters. The lowest BCUT2D eigenvalue weighted by Gasteiger charge is -2.10. The van der Waals surface area contributed by atoms with E-state index in [4.69, 9.17) is 9.47 Å². The van der Waals surface area contributed by atoms with Gasteiger partial charge < -0.3 is 9.47 Å². The molecule has 1 rings (SSSR count). The number of carbonyl (C=O) groups is 2. The molecule has 0 bridgehead atoms. The van der Waals surface area contributed by atoms with Gasteiger partial charge >= 0.3 is 11.9 Å². The van der Waals surface area contributed by atoms with Gasteiger partial charge in [-0.2, -0.15) is 0 Å². The molecule has 170 valence electrons. The van der Waals surface area contributed by atoms with E-state index in [9.17, 15) is 9.59 Å². The Morgan fingerprint density at radius 3 is 1.60 bits per heavy atom. The zero-order valence-corrected chi connectivity index (χ0v) is 19.5. The number of esters is 2. The van der Waals surface area contributed by atoms with Gasteiger partial charge in [0, 0.05) is 0 Å². The molecule has 0 atom stereocenters. The van der Waals surface area contributed by atoms with Gasteiger partial charge in [-0.1, -0.05) is 90.4 Å². The summed E-state index contributed by atoms with van der Waals surface area (Å²) in [5, 5.41) is 0. The van der Waals surface area contributed by atoms with E-state index in [-0.39, 0.29) is 11.9 Å². The van der Waals surface area contributed by atoms with Crippen LogP contribution in [0.2, 0.25) is 0 Å². The molecule has 0 saturated heterocycles. The first-order chi connectivity index (χ1) is 14.6. The van der Waals surface area contributed by atoms with Gasteiger partial charge in [-0.05, 0) is 36.6 Å². The van der Waals surface area contributed by atoms with E-state index in [1.807, 2.05) is 0 Å². The van der Waals surface area contributed by atoms with E-state index in [0.717, 1.165) is 24.8 Å². The molecule has 1 aromatic rings. The number of unbranched alkanes of at least 4 members (excludes halogenated alkanes) is 13. The summed E-state index contributed by atoms with van der Waals surface area (Å²) in [4.78, 5) is 23.8. The highest BCUT2D eigenvalue weighted by atomic mass is 16.5. The Balaban J connectivity index is 2.20. The Morgan fingerprint density at radius 1 is 0.667 bits per heavy atom. The number of hydrogen-bond acceptors (Lipinski definition) is 4. The van der Waals surface area contributed by atoms with Crippen molar-refractivity contribution in [1.82, 2.24) is 0 Å². The summed E-state index contributed by atoms with van der Waals surface area (Å²) in [6.45, 7) is 2.27. The second kappa shape index (κ2) is 16.9. The molecule has 30 heavy (non-hydrogen) atoms. The van der Waals surface area contributed by atoms with Crippen LogP contribution in [-0.4, -0.2) is 26.2 Å². The fourth-order valence-electron chi connectivity index (χ4n) is 3.86. The molecular formula is C26H42O4. The number of aryl methyl sites for hydroxylation is 1. The first-order valence-corrected chi connectivity index (χ1v) is 11.9. The first-order valence-electron chi connectivity index (χ1n) is 11.9. The Bertz CT molecular complexity index is 609. The lowest BCUT2D eigenvalue weighted by Crippen LogP contribution is -2.09. The molecule has 0 spiro atoms. The van der Waals surface area contributed by atoms with Gasteiger partial charge in [0.05, 0.1) is 25.3 Å². The van der Waals surface area contributed by atoms with E-state index >= 15 is 0 Å². The normalized spacial score (nSPS) is 10.8. The molecule has 0 N–H and O–H groups in total. The van der Waals surface area contributed by atoms with Crippen molar-refractivity contribution in [1.29, 1.82) is 0 Å². The predicted molar refractivity (Wildman–Crippen MR) is 123 cm³/mol. The van der Waals surface area contributed by atoms with E-state index < -0.39 is 0 Å².